The lowest BCUT2D eigenvalue weighted by molar-refractivity contribution is -0.116. The number of carbonyl (C=O) groups is 1. The van der Waals surface area contributed by atoms with Gasteiger partial charge in [-0.2, -0.15) is 0 Å². The number of carbonyl (C=O) groups excluding carboxylic acids is 1. The topological polar surface area (TPSA) is 100 Å². The molecule has 0 unspecified atom stereocenters. The van der Waals surface area contributed by atoms with Gasteiger partial charge in [0.05, 0.1) is 11.0 Å². The number of aliphatic hydroxyl groups is 1. The van der Waals surface area contributed by atoms with Crippen LogP contribution in [0, 0.1) is 0 Å². The molecule has 124 valence electrons. The quantitative estimate of drug-likeness (QED) is 0.669. The van der Waals surface area contributed by atoms with Crippen LogP contribution in [0.1, 0.15) is 26.3 Å². The van der Waals surface area contributed by atoms with Crippen molar-refractivity contribution in [3.8, 4) is 5.88 Å². The first-order valence-corrected chi connectivity index (χ1v) is 7.51. The number of hydrogen-bond acceptors (Lipinski definition) is 5. The summed E-state index contributed by atoms with van der Waals surface area (Å²) in [7, 11) is 0. The molecule has 0 aromatic carbocycles. The molecule has 7 nitrogen and oxygen atoms in total. The van der Waals surface area contributed by atoms with E-state index in [1.807, 2.05) is 13.1 Å². The number of H-pyrrole nitrogens is 1. The summed E-state index contributed by atoms with van der Waals surface area (Å²) in [4.78, 5) is 22.8. The number of nitrogens with one attached hydrogen (secondary N) is 2. The largest absolute Gasteiger partial charge is 0.474 e. The Morgan fingerprint density at radius 2 is 2.26 bits per heavy atom. The van der Waals surface area contributed by atoms with Crippen molar-refractivity contribution in [3.63, 3.8) is 0 Å². The Morgan fingerprint density at radius 3 is 2.96 bits per heavy atom. The van der Waals surface area contributed by atoms with Gasteiger partial charge in [0, 0.05) is 12.7 Å². The van der Waals surface area contributed by atoms with Crippen LogP contribution in [-0.2, 0) is 11.2 Å². The highest BCUT2D eigenvalue weighted by Gasteiger charge is 2.17. The minimum absolute atomic E-state index is 0.123. The second-order valence-corrected chi connectivity index (χ2v) is 5.82. The molecule has 3 N–H and O–H groups in total. The maximum Gasteiger partial charge on any atom is 0.243 e. The predicted molar refractivity (Wildman–Crippen MR) is 87.2 cm³/mol. The van der Waals surface area contributed by atoms with E-state index in [0.29, 0.717) is 24.5 Å². The molecule has 2 rings (SSSR count). The summed E-state index contributed by atoms with van der Waals surface area (Å²) < 4.78 is 5.62. The third-order valence-corrected chi connectivity index (χ3v) is 3.04. The van der Waals surface area contributed by atoms with E-state index in [1.54, 1.807) is 19.9 Å². The summed E-state index contributed by atoms with van der Waals surface area (Å²) in [5.74, 6) is 0.293. The van der Waals surface area contributed by atoms with Crippen molar-refractivity contribution in [1.29, 1.82) is 0 Å². The second kappa shape index (κ2) is 7.23. The standard InChI is InChI=1S/C16H22N4O3/c1-4-17-12(21)7-5-6-11-8-18-14-13(11)15(20-10-19-14)23-9-16(2,3)22/h5,7-8,10,22H,4,6,9H2,1-3H3,(H,17,21)(H,18,19,20)/b7-5+. The number of hydrogen-bond donors (Lipinski definition) is 3. The van der Waals surface area contributed by atoms with Crippen molar-refractivity contribution in [2.45, 2.75) is 32.8 Å². The van der Waals surface area contributed by atoms with Crippen molar-refractivity contribution in [2.75, 3.05) is 13.2 Å². The molecule has 2 heterocycles. The van der Waals surface area contributed by atoms with Gasteiger partial charge in [0.25, 0.3) is 0 Å². The van der Waals surface area contributed by atoms with Gasteiger partial charge in [-0.05, 0) is 38.8 Å². The molecule has 0 aliphatic rings. The fourth-order valence-corrected chi connectivity index (χ4v) is 2.04. The lowest BCUT2D eigenvalue weighted by atomic mass is 10.1. The molecular weight excluding hydrogens is 296 g/mol. The summed E-state index contributed by atoms with van der Waals surface area (Å²) in [6, 6.07) is 0. The Hall–Kier alpha value is -2.41. The number of rotatable bonds is 7. The molecule has 2 aromatic heterocycles. The van der Waals surface area contributed by atoms with Gasteiger partial charge in [0.15, 0.2) is 0 Å². The Kier molecular flexibility index (Phi) is 5.33. The summed E-state index contributed by atoms with van der Waals surface area (Å²) in [5, 5.41) is 13.3. The molecule has 0 atom stereocenters. The van der Waals surface area contributed by atoms with Crippen LogP contribution in [0.5, 0.6) is 5.88 Å². The minimum Gasteiger partial charge on any atom is -0.474 e. The number of amides is 1. The molecule has 0 fully saturated rings. The molecule has 7 heteroatoms. The zero-order valence-corrected chi connectivity index (χ0v) is 13.6. The van der Waals surface area contributed by atoms with Crippen LogP contribution in [0.25, 0.3) is 11.0 Å². The van der Waals surface area contributed by atoms with Gasteiger partial charge in [0.2, 0.25) is 11.8 Å². The van der Waals surface area contributed by atoms with Crippen molar-refractivity contribution in [2.24, 2.45) is 0 Å². The lowest BCUT2D eigenvalue weighted by Gasteiger charge is -2.17. The molecule has 0 radical (unpaired) electrons. The summed E-state index contributed by atoms with van der Waals surface area (Å²) in [5.41, 5.74) is 0.630. The maximum atomic E-state index is 11.4. The highest BCUT2D eigenvalue weighted by molar-refractivity contribution is 5.88. The monoisotopic (exact) mass is 318 g/mol. The first-order chi connectivity index (χ1) is 10.9. The van der Waals surface area contributed by atoms with E-state index in [4.69, 9.17) is 4.74 Å². The number of aromatic nitrogens is 3. The minimum atomic E-state index is -0.952. The third-order valence-electron chi connectivity index (χ3n) is 3.04. The summed E-state index contributed by atoms with van der Waals surface area (Å²) in [6.07, 6.45) is 7.05. The van der Waals surface area contributed by atoms with Crippen LogP contribution < -0.4 is 10.1 Å². The van der Waals surface area contributed by atoms with E-state index < -0.39 is 5.60 Å². The molecule has 0 bridgehead atoms. The molecule has 0 aliphatic carbocycles. The Labute approximate surface area is 134 Å². The lowest BCUT2D eigenvalue weighted by Crippen LogP contribution is -2.28. The predicted octanol–water partition coefficient (Wildman–Crippen LogP) is 1.34. The summed E-state index contributed by atoms with van der Waals surface area (Å²) >= 11 is 0. The number of likely N-dealkylation sites (N-methyl/N-ethyl adjacent to an activating group) is 1. The second-order valence-electron chi connectivity index (χ2n) is 5.82. The molecule has 0 spiro atoms. The number of aromatic amines is 1. The number of nitrogens with zero attached hydrogens (tertiary/aromatic N) is 2. The molecule has 1 amide bonds. The van der Waals surface area contributed by atoms with Crippen molar-refractivity contribution in [1.82, 2.24) is 20.3 Å². The number of fused-ring (bicyclic) bond motifs is 1. The smallest absolute Gasteiger partial charge is 0.243 e. The zero-order chi connectivity index (χ0) is 16.9. The molecule has 0 aliphatic heterocycles. The number of ether oxygens (including phenoxy) is 1. The van der Waals surface area contributed by atoms with Crippen LogP contribution in [-0.4, -0.2) is 44.7 Å². The highest BCUT2D eigenvalue weighted by Crippen LogP contribution is 2.26. The van der Waals surface area contributed by atoms with Gasteiger partial charge in [0.1, 0.15) is 18.6 Å². The first-order valence-electron chi connectivity index (χ1n) is 7.51. The van der Waals surface area contributed by atoms with Gasteiger partial charge in [-0.15, -0.1) is 0 Å². The molecule has 2 aromatic rings. The van der Waals surface area contributed by atoms with Crippen molar-refractivity contribution >= 4 is 16.9 Å². The fourth-order valence-electron chi connectivity index (χ4n) is 2.04. The van der Waals surface area contributed by atoms with Crippen LogP contribution in [0.2, 0.25) is 0 Å². The maximum absolute atomic E-state index is 11.4. The SMILES string of the molecule is CCNC(=O)/C=C/Cc1c[nH]c2ncnc(OCC(C)(C)O)c12. The number of allylic oxidation sites excluding steroid dienone is 1. The van der Waals surface area contributed by atoms with Crippen LogP contribution in [0.3, 0.4) is 0 Å². The van der Waals surface area contributed by atoms with Gasteiger partial charge in [-0.25, -0.2) is 9.97 Å². The fraction of sp³-hybridized carbons (Fsp3) is 0.438. The van der Waals surface area contributed by atoms with Crippen LogP contribution >= 0.6 is 0 Å². The van der Waals surface area contributed by atoms with E-state index in [1.165, 1.54) is 12.4 Å². The molecule has 23 heavy (non-hydrogen) atoms. The van der Waals surface area contributed by atoms with Crippen LogP contribution in [0.4, 0.5) is 0 Å². The first kappa shape index (κ1) is 17.0. The molecule has 0 saturated carbocycles. The van der Waals surface area contributed by atoms with Gasteiger partial charge >= 0.3 is 0 Å². The van der Waals surface area contributed by atoms with E-state index in [-0.39, 0.29) is 12.5 Å². The van der Waals surface area contributed by atoms with Crippen molar-refractivity contribution < 1.29 is 14.6 Å². The van der Waals surface area contributed by atoms with Gasteiger partial charge in [-0.3, -0.25) is 4.79 Å². The average Bonchev–Trinajstić information content (AvgIpc) is 2.88. The van der Waals surface area contributed by atoms with E-state index >= 15 is 0 Å². The average molecular weight is 318 g/mol. The Balaban J connectivity index is 2.19. The van der Waals surface area contributed by atoms with Gasteiger partial charge < -0.3 is 20.1 Å². The zero-order valence-electron chi connectivity index (χ0n) is 13.6. The van der Waals surface area contributed by atoms with Gasteiger partial charge in [-0.1, -0.05) is 6.08 Å². The third kappa shape index (κ3) is 4.79. The normalized spacial score (nSPS) is 12.0. The van der Waals surface area contributed by atoms with E-state index in [2.05, 4.69) is 20.3 Å². The van der Waals surface area contributed by atoms with Crippen molar-refractivity contribution in [3.05, 3.63) is 30.2 Å². The van der Waals surface area contributed by atoms with Crippen LogP contribution in [0.15, 0.2) is 24.7 Å². The highest BCUT2D eigenvalue weighted by atomic mass is 16.5. The summed E-state index contributed by atoms with van der Waals surface area (Å²) in [6.45, 7) is 5.92. The molecule has 0 saturated heterocycles. The Bertz CT molecular complexity index is 701. The Morgan fingerprint density at radius 1 is 1.48 bits per heavy atom. The molecular formula is C16H22N4O3. The van der Waals surface area contributed by atoms with E-state index in [9.17, 15) is 9.90 Å². The van der Waals surface area contributed by atoms with E-state index in [0.717, 1.165) is 10.9 Å².